The van der Waals surface area contributed by atoms with E-state index in [0.29, 0.717) is 17.1 Å². The molecule has 1 aliphatic heterocycles. The summed E-state index contributed by atoms with van der Waals surface area (Å²) in [7, 11) is 1.83. The Balaban J connectivity index is 1.59. The van der Waals surface area contributed by atoms with E-state index in [1.54, 1.807) is 27.2 Å². The Labute approximate surface area is 184 Å². The lowest BCUT2D eigenvalue weighted by molar-refractivity contribution is -0.128. The molecule has 1 unspecified atom stereocenters. The highest BCUT2D eigenvalue weighted by Gasteiger charge is 2.35. The standard InChI is InChI=1S/C22H25N5O3S/c1-4-15(5-2)24-20(28)19-12-27(17-8-6-7-9-18(17)30-19)22(29)16-13-31-21(25-16)14-10-23-26(3)11-14/h6-11,13,15,19H,4-5,12H2,1-3H3,(H,24,28). The van der Waals surface area contributed by atoms with Crippen LogP contribution in [-0.2, 0) is 11.8 Å². The van der Waals surface area contributed by atoms with E-state index in [1.807, 2.05) is 45.3 Å². The first kappa shape index (κ1) is 21.0. The van der Waals surface area contributed by atoms with E-state index in [4.69, 9.17) is 4.74 Å². The second-order valence-corrected chi connectivity index (χ2v) is 8.31. The Morgan fingerprint density at radius 3 is 2.77 bits per heavy atom. The van der Waals surface area contributed by atoms with Crippen molar-refractivity contribution in [1.29, 1.82) is 0 Å². The average molecular weight is 440 g/mol. The first-order valence-corrected chi connectivity index (χ1v) is 11.2. The van der Waals surface area contributed by atoms with Crippen LogP contribution in [0.15, 0.2) is 42.0 Å². The number of anilines is 1. The summed E-state index contributed by atoms with van der Waals surface area (Å²) in [5.41, 5.74) is 1.83. The van der Waals surface area contributed by atoms with Crippen LogP contribution in [0.3, 0.4) is 0 Å². The minimum Gasteiger partial charge on any atom is -0.477 e. The predicted octanol–water partition coefficient (Wildman–Crippen LogP) is 3.26. The molecule has 9 heteroatoms. The Hall–Kier alpha value is -3.20. The number of rotatable bonds is 6. The summed E-state index contributed by atoms with van der Waals surface area (Å²) in [6, 6.07) is 7.34. The molecule has 1 N–H and O–H groups in total. The third-order valence-electron chi connectivity index (χ3n) is 5.32. The van der Waals surface area contributed by atoms with Gasteiger partial charge in [0.2, 0.25) is 0 Å². The topological polar surface area (TPSA) is 89.4 Å². The summed E-state index contributed by atoms with van der Waals surface area (Å²) in [6.45, 7) is 4.19. The smallest absolute Gasteiger partial charge is 0.278 e. The fraction of sp³-hybridized carbons (Fsp3) is 0.364. The zero-order chi connectivity index (χ0) is 22.0. The van der Waals surface area contributed by atoms with Crippen LogP contribution in [0.4, 0.5) is 5.69 Å². The van der Waals surface area contributed by atoms with Gasteiger partial charge < -0.3 is 10.1 Å². The van der Waals surface area contributed by atoms with Gasteiger partial charge in [0.05, 0.1) is 18.4 Å². The van der Waals surface area contributed by atoms with Gasteiger partial charge in [-0.1, -0.05) is 26.0 Å². The second-order valence-electron chi connectivity index (χ2n) is 7.45. The lowest BCUT2D eigenvalue weighted by Crippen LogP contribution is -2.52. The number of hydrogen-bond acceptors (Lipinski definition) is 6. The Kier molecular flexibility index (Phi) is 6.03. The van der Waals surface area contributed by atoms with Crippen LogP contribution in [0, 0.1) is 0 Å². The van der Waals surface area contributed by atoms with E-state index in [9.17, 15) is 9.59 Å². The molecule has 1 atom stereocenters. The fourth-order valence-corrected chi connectivity index (χ4v) is 4.29. The molecule has 0 radical (unpaired) electrons. The highest BCUT2D eigenvalue weighted by atomic mass is 32.1. The zero-order valence-corrected chi connectivity index (χ0v) is 18.6. The Bertz CT molecular complexity index is 1090. The van der Waals surface area contributed by atoms with Gasteiger partial charge in [0.1, 0.15) is 16.5 Å². The number of amides is 2. The first-order chi connectivity index (χ1) is 15.0. The molecule has 2 amide bonds. The van der Waals surface area contributed by atoms with Gasteiger partial charge in [-0.15, -0.1) is 11.3 Å². The molecule has 1 aliphatic rings. The van der Waals surface area contributed by atoms with Crippen molar-refractivity contribution < 1.29 is 14.3 Å². The number of benzene rings is 1. The third kappa shape index (κ3) is 4.32. The van der Waals surface area contributed by atoms with Crippen LogP contribution in [0.1, 0.15) is 37.2 Å². The molecule has 3 heterocycles. The van der Waals surface area contributed by atoms with Crippen molar-refractivity contribution in [3.63, 3.8) is 0 Å². The van der Waals surface area contributed by atoms with Crippen molar-refractivity contribution in [2.24, 2.45) is 7.05 Å². The maximum atomic E-state index is 13.4. The van der Waals surface area contributed by atoms with Crippen molar-refractivity contribution in [3.8, 4) is 16.3 Å². The number of nitrogens with one attached hydrogen (secondary N) is 1. The van der Waals surface area contributed by atoms with Gasteiger partial charge in [0.15, 0.2) is 6.10 Å². The zero-order valence-electron chi connectivity index (χ0n) is 17.7. The normalized spacial score (nSPS) is 15.5. The van der Waals surface area contributed by atoms with E-state index in [0.717, 1.165) is 23.4 Å². The van der Waals surface area contributed by atoms with Gasteiger partial charge in [-0.05, 0) is 25.0 Å². The minimum atomic E-state index is -0.782. The summed E-state index contributed by atoms with van der Waals surface area (Å²) in [4.78, 5) is 32.3. The molecule has 31 heavy (non-hydrogen) atoms. The van der Waals surface area contributed by atoms with E-state index in [-0.39, 0.29) is 24.4 Å². The molecule has 0 saturated carbocycles. The van der Waals surface area contributed by atoms with Crippen LogP contribution in [0.2, 0.25) is 0 Å². The number of carbonyl (C=O) groups is 2. The van der Waals surface area contributed by atoms with E-state index < -0.39 is 6.10 Å². The number of ether oxygens (including phenoxy) is 1. The number of thiazole rings is 1. The molecule has 0 saturated heterocycles. The SMILES string of the molecule is CCC(CC)NC(=O)C1CN(C(=O)c2csc(-c3cnn(C)c3)n2)c2ccccc2O1. The monoisotopic (exact) mass is 439 g/mol. The average Bonchev–Trinajstić information content (AvgIpc) is 3.45. The number of para-hydroxylation sites is 2. The number of aryl methyl sites for hydroxylation is 1. The van der Waals surface area contributed by atoms with Crippen LogP contribution in [-0.4, -0.2) is 45.3 Å². The summed E-state index contributed by atoms with van der Waals surface area (Å²) in [5, 5.41) is 9.64. The molecular weight excluding hydrogens is 414 g/mol. The first-order valence-electron chi connectivity index (χ1n) is 10.3. The largest absolute Gasteiger partial charge is 0.477 e. The predicted molar refractivity (Wildman–Crippen MR) is 119 cm³/mol. The maximum Gasteiger partial charge on any atom is 0.278 e. The molecule has 0 bridgehead atoms. The molecule has 1 aromatic carbocycles. The van der Waals surface area contributed by atoms with Crippen molar-refractivity contribution in [2.75, 3.05) is 11.4 Å². The Morgan fingerprint density at radius 1 is 1.29 bits per heavy atom. The van der Waals surface area contributed by atoms with Crippen LogP contribution in [0.25, 0.3) is 10.6 Å². The number of aromatic nitrogens is 3. The molecule has 8 nitrogen and oxygen atoms in total. The van der Waals surface area contributed by atoms with E-state index >= 15 is 0 Å². The summed E-state index contributed by atoms with van der Waals surface area (Å²) in [5.74, 6) is 0.0345. The van der Waals surface area contributed by atoms with Gasteiger partial charge >= 0.3 is 0 Å². The second kappa shape index (κ2) is 8.89. The van der Waals surface area contributed by atoms with Gasteiger partial charge in [0, 0.05) is 30.2 Å². The third-order valence-corrected chi connectivity index (χ3v) is 6.21. The maximum absolute atomic E-state index is 13.4. The number of fused-ring (bicyclic) bond motifs is 1. The van der Waals surface area contributed by atoms with Gasteiger partial charge in [-0.2, -0.15) is 5.10 Å². The van der Waals surface area contributed by atoms with Gasteiger partial charge in [0.25, 0.3) is 11.8 Å². The quantitative estimate of drug-likeness (QED) is 0.637. The summed E-state index contributed by atoms with van der Waals surface area (Å²) >= 11 is 1.39. The molecule has 162 valence electrons. The molecule has 3 aromatic rings. The molecule has 0 spiro atoms. The molecule has 4 rings (SSSR count). The van der Waals surface area contributed by atoms with Crippen molar-refractivity contribution >= 4 is 28.8 Å². The number of hydrogen-bond donors (Lipinski definition) is 1. The van der Waals surface area contributed by atoms with Gasteiger partial charge in [-0.3, -0.25) is 19.2 Å². The summed E-state index contributed by atoms with van der Waals surface area (Å²) < 4.78 is 7.64. The van der Waals surface area contributed by atoms with E-state index in [2.05, 4.69) is 15.4 Å². The highest BCUT2D eigenvalue weighted by Crippen LogP contribution is 2.34. The van der Waals surface area contributed by atoms with Crippen LogP contribution >= 0.6 is 11.3 Å². The van der Waals surface area contributed by atoms with Gasteiger partial charge in [-0.25, -0.2) is 4.98 Å². The number of nitrogens with zero attached hydrogens (tertiary/aromatic N) is 4. The minimum absolute atomic E-state index is 0.0815. The molecule has 2 aromatic heterocycles. The van der Waals surface area contributed by atoms with E-state index in [1.165, 1.54) is 11.3 Å². The van der Waals surface area contributed by atoms with Crippen molar-refractivity contribution in [2.45, 2.75) is 38.8 Å². The Morgan fingerprint density at radius 2 is 2.06 bits per heavy atom. The molecule has 0 fully saturated rings. The van der Waals surface area contributed by atoms with Crippen molar-refractivity contribution in [1.82, 2.24) is 20.1 Å². The summed E-state index contributed by atoms with van der Waals surface area (Å²) in [6.07, 6.45) is 4.47. The lowest BCUT2D eigenvalue weighted by atomic mass is 10.1. The van der Waals surface area contributed by atoms with Crippen molar-refractivity contribution in [3.05, 3.63) is 47.7 Å². The highest BCUT2D eigenvalue weighted by molar-refractivity contribution is 7.13. The molecule has 0 aliphatic carbocycles. The van der Waals surface area contributed by atoms with Crippen LogP contribution in [0.5, 0.6) is 5.75 Å². The number of carbonyl (C=O) groups excluding carboxylic acids is 2. The lowest BCUT2D eigenvalue weighted by Gasteiger charge is -2.34. The fourth-order valence-electron chi connectivity index (χ4n) is 3.52. The molecular formula is C22H25N5O3S. The van der Waals surface area contributed by atoms with Crippen LogP contribution < -0.4 is 15.0 Å².